The molecule has 0 aliphatic rings. The minimum Gasteiger partial charge on any atom is -0.490 e. The minimum absolute atomic E-state index is 0.0732. The molecule has 0 saturated carbocycles. The molecular formula is C25H33NO7S. The van der Waals surface area contributed by atoms with Crippen molar-refractivity contribution in [1.82, 2.24) is 5.32 Å². The highest BCUT2D eigenvalue weighted by Crippen LogP contribution is 2.39. The number of esters is 1. The summed E-state index contributed by atoms with van der Waals surface area (Å²) in [6, 6.07) is 6.48. The van der Waals surface area contributed by atoms with Gasteiger partial charge in [-0.1, -0.05) is 20.8 Å². The molecule has 1 N–H and O–H groups in total. The number of carbonyl (C=O) groups is 3. The Bertz CT molecular complexity index is 980. The Labute approximate surface area is 204 Å². The number of carbonyl (C=O) groups excluding carboxylic acids is 3. The van der Waals surface area contributed by atoms with Crippen LogP contribution in [0, 0.1) is 5.41 Å². The zero-order valence-corrected chi connectivity index (χ0v) is 21.4. The first kappa shape index (κ1) is 27.2. The van der Waals surface area contributed by atoms with Gasteiger partial charge in [-0.3, -0.25) is 9.59 Å². The van der Waals surface area contributed by atoms with E-state index < -0.39 is 18.0 Å². The van der Waals surface area contributed by atoms with E-state index in [1.165, 1.54) is 23.5 Å². The number of hydrogen-bond acceptors (Lipinski definition) is 8. The summed E-state index contributed by atoms with van der Waals surface area (Å²) in [5.41, 5.74) is -0.297. The molecule has 0 aliphatic heterocycles. The molecule has 9 heteroatoms. The van der Waals surface area contributed by atoms with Crippen LogP contribution < -0.4 is 19.5 Å². The molecule has 8 nitrogen and oxygen atoms in total. The second-order valence-electron chi connectivity index (χ2n) is 8.30. The van der Waals surface area contributed by atoms with Crippen LogP contribution in [0.25, 0.3) is 0 Å². The van der Waals surface area contributed by atoms with Gasteiger partial charge >= 0.3 is 5.97 Å². The van der Waals surface area contributed by atoms with Gasteiger partial charge < -0.3 is 24.3 Å². The fourth-order valence-electron chi connectivity index (χ4n) is 2.85. The van der Waals surface area contributed by atoms with Crippen molar-refractivity contribution in [2.24, 2.45) is 5.41 Å². The maximum atomic E-state index is 12.7. The quantitative estimate of drug-likeness (QED) is 0.341. The summed E-state index contributed by atoms with van der Waals surface area (Å²) in [4.78, 5) is 38.5. The van der Waals surface area contributed by atoms with Crippen LogP contribution in [0.15, 0.2) is 24.3 Å². The van der Waals surface area contributed by atoms with E-state index in [4.69, 9.17) is 18.9 Å². The van der Waals surface area contributed by atoms with Crippen LogP contribution >= 0.6 is 11.3 Å². The average molecular weight is 492 g/mol. The first-order chi connectivity index (χ1) is 16.1. The van der Waals surface area contributed by atoms with Crippen LogP contribution in [0.3, 0.4) is 0 Å². The molecule has 2 aromatic rings. The molecule has 0 fully saturated rings. The van der Waals surface area contributed by atoms with Gasteiger partial charge in [-0.15, -0.1) is 11.3 Å². The monoisotopic (exact) mass is 491 g/mol. The molecule has 1 amide bonds. The molecule has 1 aromatic carbocycles. The number of nitrogens with one attached hydrogen (secondary N) is 1. The van der Waals surface area contributed by atoms with Crippen LogP contribution in [0.2, 0.25) is 0 Å². The van der Waals surface area contributed by atoms with Gasteiger partial charge in [0.25, 0.3) is 0 Å². The van der Waals surface area contributed by atoms with Gasteiger partial charge in [-0.2, -0.15) is 0 Å². The third-order valence-electron chi connectivity index (χ3n) is 4.52. The molecule has 0 radical (unpaired) electrons. The number of thiophene rings is 1. The van der Waals surface area contributed by atoms with Crippen molar-refractivity contribution < 1.29 is 33.3 Å². The van der Waals surface area contributed by atoms with Gasteiger partial charge in [0.2, 0.25) is 17.4 Å². The molecule has 0 aliphatic carbocycles. The summed E-state index contributed by atoms with van der Waals surface area (Å²) >= 11 is 1.25. The second-order valence-corrected chi connectivity index (χ2v) is 9.47. The van der Waals surface area contributed by atoms with Crippen molar-refractivity contribution in [3.05, 3.63) is 39.6 Å². The topological polar surface area (TPSA) is 100 Å². The Morgan fingerprint density at radius 3 is 2.03 bits per heavy atom. The number of Topliss-reactive ketones (excluding diaryl/α,β-unsaturated/α-hetero) is 1. The number of amides is 1. The smallest absolute Gasteiger partial charge is 0.338 e. The largest absolute Gasteiger partial charge is 0.490 e. The normalized spacial score (nSPS) is 11.0. The summed E-state index contributed by atoms with van der Waals surface area (Å²) < 4.78 is 22.1. The van der Waals surface area contributed by atoms with E-state index in [2.05, 4.69) is 5.32 Å². The van der Waals surface area contributed by atoms with Gasteiger partial charge in [0.05, 0.1) is 36.8 Å². The lowest BCUT2D eigenvalue weighted by Crippen LogP contribution is -2.34. The maximum absolute atomic E-state index is 12.7. The summed E-state index contributed by atoms with van der Waals surface area (Å²) in [5, 5.41) is 2.85. The molecule has 1 aromatic heterocycles. The molecule has 0 unspecified atom stereocenters. The lowest BCUT2D eigenvalue weighted by molar-refractivity contribution is -0.128. The van der Waals surface area contributed by atoms with Gasteiger partial charge in [0.15, 0.2) is 18.1 Å². The number of benzene rings is 1. The Morgan fingerprint density at radius 2 is 1.50 bits per heavy atom. The van der Waals surface area contributed by atoms with Crippen molar-refractivity contribution in [1.29, 1.82) is 0 Å². The SMILES string of the molecule is CCOc1cc(C(=O)OCC(=O)c2ccc(CNC(=O)C(C)(C)C)s2)cc(OCC)c1OCC. The lowest BCUT2D eigenvalue weighted by Gasteiger charge is -2.17. The van der Waals surface area contributed by atoms with E-state index in [0.717, 1.165) is 4.88 Å². The van der Waals surface area contributed by atoms with E-state index in [9.17, 15) is 14.4 Å². The van der Waals surface area contributed by atoms with E-state index in [1.54, 1.807) is 12.1 Å². The number of rotatable bonds is 12. The second kappa shape index (κ2) is 12.4. The van der Waals surface area contributed by atoms with Crippen LogP contribution in [-0.2, 0) is 16.1 Å². The fraction of sp³-hybridized carbons (Fsp3) is 0.480. The Balaban J connectivity index is 2.06. The third kappa shape index (κ3) is 7.48. The van der Waals surface area contributed by atoms with Crippen LogP contribution in [0.1, 0.15) is 66.4 Å². The number of hydrogen-bond donors (Lipinski definition) is 1. The van der Waals surface area contributed by atoms with Gasteiger partial charge in [0, 0.05) is 10.3 Å². The van der Waals surface area contributed by atoms with E-state index in [1.807, 2.05) is 41.5 Å². The molecule has 0 atom stereocenters. The molecule has 1 heterocycles. The van der Waals surface area contributed by atoms with E-state index >= 15 is 0 Å². The molecule has 186 valence electrons. The fourth-order valence-corrected chi connectivity index (χ4v) is 3.72. The summed E-state index contributed by atoms with van der Waals surface area (Å²) in [5.74, 6) is 0.0854. The van der Waals surface area contributed by atoms with E-state index in [0.29, 0.717) is 48.5 Å². The minimum atomic E-state index is -0.674. The van der Waals surface area contributed by atoms with Crippen molar-refractivity contribution in [2.75, 3.05) is 26.4 Å². The molecule has 0 bridgehead atoms. The molecule has 2 rings (SSSR count). The number of ether oxygens (including phenoxy) is 4. The Morgan fingerprint density at radius 1 is 0.912 bits per heavy atom. The highest BCUT2D eigenvalue weighted by Gasteiger charge is 2.22. The first-order valence-electron chi connectivity index (χ1n) is 11.2. The van der Waals surface area contributed by atoms with Gasteiger partial charge in [0.1, 0.15) is 0 Å². The predicted octanol–water partition coefficient (Wildman–Crippen LogP) is 4.65. The zero-order chi connectivity index (χ0) is 25.3. The first-order valence-corrected chi connectivity index (χ1v) is 12.1. The third-order valence-corrected chi connectivity index (χ3v) is 5.65. The maximum Gasteiger partial charge on any atom is 0.338 e. The van der Waals surface area contributed by atoms with Gasteiger partial charge in [-0.25, -0.2) is 4.79 Å². The zero-order valence-electron chi connectivity index (χ0n) is 20.6. The van der Waals surface area contributed by atoms with Crippen LogP contribution in [0.4, 0.5) is 0 Å². The van der Waals surface area contributed by atoms with Crippen molar-refractivity contribution >= 4 is 29.0 Å². The van der Waals surface area contributed by atoms with Gasteiger partial charge in [-0.05, 0) is 45.0 Å². The Hall–Kier alpha value is -3.07. The molecular weight excluding hydrogens is 458 g/mol. The summed E-state index contributed by atoms with van der Waals surface area (Å²) in [6.07, 6.45) is 0. The lowest BCUT2D eigenvalue weighted by atomic mass is 9.96. The average Bonchev–Trinajstić information content (AvgIpc) is 3.26. The molecule has 34 heavy (non-hydrogen) atoms. The highest BCUT2D eigenvalue weighted by atomic mass is 32.1. The Kier molecular flexibility index (Phi) is 9.92. The van der Waals surface area contributed by atoms with Crippen LogP contribution in [0.5, 0.6) is 17.2 Å². The summed E-state index contributed by atoms with van der Waals surface area (Å²) in [7, 11) is 0. The summed E-state index contributed by atoms with van der Waals surface area (Å²) in [6.45, 7) is 12.1. The van der Waals surface area contributed by atoms with Crippen molar-refractivity contribution in [2.45, 2.75) is 48.1 Å². The molecule has 0 spiro atoms. The highest BCUT2D eigenvalue weighted by molar-refractivity contribution is 7.14. The standard InChI is InChI=1S/C25H33NO7S/c1-7-30-19-12-16(13-20(31-8-2)22(19)32-9-3)23(28)33-15-18(27)21-11-10-17(34-21)14-26-24(29)25(4,5)6/h10-13H,7-9,14-15H2,1-6H3,(H,26,29). The number of ketones is 1. The predicted molar refractivity (Wildman–Crippen MR) is 130 cm³/mol. The van der Waals surface area contributed by atoms with E-state index in [-0.39, 0.29) is 17.3 Å². The van der Waals surface area contributed by atoms with Crippen molar-refractivity contribution in [3.63, 3.8) is 0 Å². The van der Waals surface area contributed by atoms with Crippen LogP contribution in [-0.4, -0.2) is 44.1 Å². The van der Waals surface area contributed by atoms with Crippen molar-refractivity contribution in [3.8, 4) is 17.2 Å². The molecule has 0 saturated heterocycles.